The third kappa shape index (κ3) is 4.47. The maximum Gasteiger partial charge on any atom is 0.218 e. The average Bonchev–Trinajstić information content (AvgIpc) is 2.88. The third-order valence-electron chi connectivity index (χ3n) is 4.02. The van der Waals surface area contributed by atoms with Gasteiger partial charge in [-0.2, -0.15) is 0 Å². The second kappa shape index (κ2) is 8.15. The van der Waals surface area contributed by atoms with Gasteiger partial charge < -0.3 is 9.88 Å². The lowest BCUT2D eigenvalue weighted by Crippen LogP contribution is -2.25. The van der Waals surface area contributed by atoms with Crippen molar-refractivity contribution in [3.63, 3.8) is 0 Å². The lowest BCUT2D eigenvalue weighted by atomic mass is 10.0. The molecule has 0 spiro atoms. The van der Waals surface area contributed by atoms with Gasteiger partial charge in [0, 0.05) is 23.6 Å². The molecule has 2 N–H and O–H groups in total. The van der Waals surface area contributed by atoms with Crippen LogP contribution in [-0.4, -0.2) is 46.0 Å². The van der Waals surface area contributed by atoms with Gasteiger partial charge in [-0.05, 0) is 57.2 Å². The van der Waals surface area contributed by atoms with E-state index in [0.717, 1.165) is 29.4 Å². The highest BCUT2D eigenvalue weighted by Gasteiger charge is 2.24. The van der Waals surface area contributed by atoms with Crippen LogP contribution in [0.5, 0.6) is 0 Å². The summed E-state index contributed by atoms with van der Waals surface area (Å²) in [6, 6.07) is 5.88. The number of nitrogens with zero attached hydrogens (tertiary/aromatic N) is 1. The van der Waals surface area contributed by atoms with E-state index in [-0.39, 0.29) is 12.4 Å². The van der Waals surface area contributed by atoms with Gasteiger partial charge in [0.1, 0.15) is 5.25 Å². The first-order chi connectivity index (χ1) is 10.4. The molecule has 130 valence electrons. The summed E-state index contributed by atoms with van der Waals surface area (Å²) in [5, 5.41) is 0.600. The number of sulfonamides is 1. The highest BCUT2D eigenvalue weighted by atomic mass is 35.5. The Kier molecular flexibility index (Phi) is 7.07. The molecular formula is C16H26ClN3O2S. The van der Waals surface area contributed by atoms with Crippen molar-refractivity contribution in [1.82, 2.24) is 14.6 Å². The van der Waals surface area contributed by atoms with Crippen LogP contribution in [0.4, 0.5) is 0 Å². The van der Waals surface area contributed by atoms with E-state index in [9.17, 15) is 8.42 Å². The Labute approximate surface area is 144 Å². The number of hydrogen-bond donors (Lipinski definition) is 2. The van der Waals surface area contributed by atoms with Crippen LogP contribution >= 0.6 is 12.4 Å². The normalized spacial score (nSPS) is 13.3. The van der Waals surface area contributed by atoms with Gasteiger partial charge in [-0.3, -0.25) is 0 Å². The molecule has 23 heavy (non-hydrogen) atoms. The summed E-state index contributed by atoms with van der Waals surface area (Å²) in [5.74, 6) is 0. The molecule has 0 aliphatic rings. The summed E-state index contributed by atoms with van der Waals surface area (Å²) >= 11 is 0. The molecule has 0 saturated heterocycles. The van der Waals surface area contributed by atoms with E-state index in [1.807, 2.05) is 45.4 Å². The SMILES string of the molecule is CCC(c1ccc2[nH]cc(CCN(C)C)c2c1)S(=O)(=O)NC.Cl. The minimum Gasteiger partial charge on any atom is -0.361 e. The number of aromatic amines is 1. The predicted octanol–water partition coefficient (Wildman–Crippen LogP) is 2.69. The minimum atomic E-state index is -3.32. The summed E-state index contributed by atoms with van der Waals surface area (Å²) in [6.07, 6.45) is 3.50. The Morgan fingerprint density at radius 2 is 2.00 bits per heavy atom. The number of nitrogens with one attached hydrogen (secondary N) is 2. The summed E-state index contributed by atoms with van der Waals surface area (Å²) < 4.78 is 26.8. The molecule has 0 aliphatic carbocycles. The molecule has 2 aromatic rings. The van der Waals surface area contributed by atoms with Crippen LogP contribution in [-0.2, 0) is 16.4 Å². The average molecular weight is 360 g/mol. The third-order valence-corrected chi connectivity index (χ3v) is 5.95. The molecule has 0 saturated carbocycles. The zero-order chi connectivity index (χ0) is 16.3. The van der Waals surface area contributed by atoms with Crippen molar-refractivity contribution < 1.29 is 8.42 Å². The highest BCUT2D eigenvalue weighted by molar-refractivity contribution is 7.89. The minimum absolute atomic E-state index is 0. The van der Waals surface area contributed by atoms with Gasteiger partial charge in [0.05, 0.1) is 0 Å². The predicted molar refractivity (Wildman–Crippen MR) is 98.8 cm³/mol. The van der Waals surface area contributed by atoms with Crippen LogP contribution in [0, 0.1) is 0 Å². The Hall–Kier alpha value is -1.08. The van der Waals surface area contributed by atoms with Crippen molar-refractivity contribution in [2.45, 2.75) is 25.0 Å². The van der Waals surface area contributed by atoms with Gasteiger partial charge in [-0.1, -0.05) is 13.0 Å². The van der Waals surface area contributed by atoms with Crippen molar-refractivity contribution >= 4 is 33.3 Å². The maximum atomic E-state index is 12.2. The first-order valence-corrected chi connectivity index (χ1v) is 9.10. The van der Waals surface area contributed by atoms with Crippen LogP contribution in [0.2, 0.25) is 0 Å². The fourth-order valence-electron chi connectivity index (χ4n) is 2.72. The second-order valence-corrected chi connectivity index (χ2v) is 7.89. The molecule has 2 rings (SSSR count). The number of halogens is 1. The van der Waals surface area contributed by atoms with Gasteiger partial charge in [0.15, 0.2) is 0 Å². The first-order valence-electron chi connectivity index (χ1n) is 7.56. The van der Waals surface area contributed by atoms with Gasteiger partial charge >= 0.3 is 0 Å². The van der Waals surface area contributed by atoms with Crippen LogP contribution in [0.15, 0.2) is 24.4 Å². The smallest absolute Gasteiger partial charge is 0.218 e. The molecule has 0 fully saturated rings. The number of hydrogen-bond acceptors (Lipinski definition) is 3. The molecule has 1 atom stereocenters. The molecule has 1 unspecified atom stereocenters. The van der Waals surface area contributed by atoms with Crippen LogP contribution < -0.4 is 4.72 Å². The summed E-state index contributed by atoms with van der Waals surface area (Å²) in [7, 11) is 2.24. The zero-order valence-electron chi connectivity index (χ0n) is 14.1. The van der Waals surface area contributed by atoms with Gasteiger partial charge in [-0.25, -0.2) is 13.1 Å². The van der Waals surface area contributed by atoms with E-state index in [0.29, 0.717) is 6.42 Å². The molecular weight excluding hydrogens is 334 g/mol. The molecule has 1 aromatic heterocycles. The van der Waals surface area contributed by atoms with E-state index in [2.05, 4.69) is 14.6 Å². The summed E-state index contributed by atoms with van der Waals surface area (Å²) in [4.78, 5) is 5.41. The Bertz CT molecular complexity index is 741. The summed E-state index contributed by atoms with van der Waals surface area (Å²) in [6.45, 7) is 2.86. The van der Waals surface area contributed by atoms with Gasteiger partial charge in [0.25, 0.3) is 0 Å². The van der Waals surface area contributed by atoms with Gasteiger partial charge in [0.2, 0.25) is 10.0 Å². The molecule has 7 heteroatoms. The molecule has 1 heterocycles. The van der Waals surface area contributed by atoms with Crippen LogP contribution in [0.1, 0.15) is 29.7 Å². The Balaban J connectivity index is 0.00000264. The second-order valence-electron chi connectivity index (χ2n) is 5.82. The molecule has 1 aromatic carbocycles. The zero-order valence-corrected chi connectivity index (χ0v) is 15.7. The summed E-state index contributed by atoms with van der Waals surface area (Å²) in [5.41, 5.74) is 3.12. The lowest BCUT2D eigenvalue weighted by Gasteiger charge is -2.16. The van der Waals surface area contributed by atoms with E-state index >= 15 is 0 Å². The van der Waals surface area contributed by atoms with Crippen molar-refractivity contribution in [2.24, 2.45) is 0 Å². The van der Waals surface area contributed by atoms with Crippen molar-refractivity contribution in [3.05, 3.63) is 35.5 Å². The first kappa shape index (κ1) is 20.0. The Morgan fingerprint density at radius 3 is 2.57 bits per heavy atom. The standard InChI is InChI=1S/C16H25N3O2S.ClH/c1-5-16(22(20,21)17-2)12-6-7-15-14(10-12)13(11-18-15)8-9-19(3)4;/h6-7,10-11,16-18H,5,8-9H2,1-4H3;1H. The monoisotopic (exact) mass is 359 g/mol. The largest absolute Gasteiger partial charge is 0.361 e. The number of rotatable bonds is 7. The Morgan fingerprint density at radius 1 is 1.30 bits per heavy atom. The van der Waals surface area contributed by atoms with Crippen molar-refractivity contribution in [1.29, 1.82) is 0 Å². The van der Waals surface area contributed by atoms with Crippen molar-refractivity contribution in [2.75, 3.05) is 27.7 Å². The van der Waals surface area contributed by atoms with E-state index in [1.165, 1.54) is 12.6 Å². The molecule has 5 nitrogen and oxygen atoms in total. The maximum absolute atomic E-state index is 12.2. The number of H-pyrrole nitrogens is 1. The van der Waals surface area contributed by atoms with Crippen LogP contribution in [0.25, 0.3) is 10.9 Å². The number of fused-ring (bicyclic) bond motifs is 1. The quantitative estimate of drug-likeness (QED) is 0.798. The number of benzene rings is 1. The molecule has 0 amide bonds. The lowest BCUT2D eigenvalue weighted by molar-refractivity contribution is 0.414. The van der Waals surface area contributed by atoms with E-state index in [4.69, 9.17) is 0 Å². The van der Waals surface area contributed by atoms with Crippen LogP contribution in [0.3, 0.4) is 0 Å². The topological polar surface area (TPSA) is 65.2 Å². The van der Waals surface area contributed by atoms with E-state index < -0.39 is 15.3 Å². The fourth-order valence-corrected chi connectivity index (χ4v) is 3.95. The molecule has 0 aliphatic heterocycles. The molecule has 0 radical (unpaired) electrons. The fraction of sp³-hybridized carbons (Fsp3) is 0.500. The number of aromatic nitrogens is 1. The van der Waals surface area contributed by atoms with E-state index in [1.54, 1.807) is 0 Å². The molecule has 0 bridgehead atoms. The van der Waals surface area contributed by atoms with Crippen molar-refractivity contribution in [3.8, 4) is 0 Å². The highest BCUT2D eigenvalue weighted by Crippen LogP contribution is 2.29. The number of likely N-dealkylation sites (N-methyl/N-ethyl adjacent to an activating group) is 1. The van der Waals surface area contributed by atoms with Gasteiger partial charge in [-0.15, -0.1) is 12.4 Å².